The van der Waals surface area contributed by atoms with Gasteiger partial charge in [-0.3, -0.25) is 4.79 Å². The number of ether oxygens (including phenoxy) is 1. The van der Waals surface area contributed by atoms with E-state index >= 15 is 0 Å². The van der Waals surface area contributed by atoms with Crippen molar-refractivity contribution in [3.63, 3.8) is 0 Å². The van der Waals surface area contributed by atoms with E-state index in [1.807, 2.05) is 40.1 Å². The Morgan fingerprint density at radius 1 is 0.930 bits per heavy atom. The lowest BCUT2D eigenvalue weighted by molar-refractivity contribution is -0.134. The molecule has 43 heavy (non-hydrogen) atoms. The summed E-state index contributed by atoms with van der Waals surface area (Å²) in [4.78, 5) is 33.5. The number of carbonyl (C=O) groups is 2. The maximum absolute atomic E-state index is 14.0. The fraction of sp³-hybridized carbons (Fsp3) is 0.556. The lowest BCUT2D eigenvalue weighted by Gasteiger charge is -2.41. The van der Waals surface area contributed by atoms with Crippen molar-refractivity contribution < 1.29 is 14.3 Å². The van der Waals surface area contributed by atoms with Gasteiger partial charge >= 0.3 is 6.03 Å². The Hall–Kier alpha value is -3.48. The topological polar surface area (TPSA) is 65.1 Å². The van der Waals surface area contributed by atoms with E-state index < -0.39 is 6.04 Å². The Labute approximate surface area is 259 Å². The fourth-order valence-corrected chi connectivity index (χ4v) is 6.06. The molecule has 7 heteroatoms. The van der Waals surface area contributed by atoms with Crippen molar-refractivity contribution in [3.05, 3.63) is 71.8 Å². The van der Waals surface area contributed by atoms with Crippen LogP contribution in [0.3, 0.4) is 0 Å². The van der Waals surface area contributed by atoms with Crippen molar-refractivity contribution in [3.8, 4) is 5.75 Å². The van der Waals surface area contributed by atoms with Gasteiger partial charge in [-0.15, -0.1) is 0 Å². The van der Waals surface area contributed by atoms with Crippen LogP contribution in [-0.4, -0.2) is 66.5 Å². The van der Waals surface area contributed by atoms with E-state index in [1.165, 1.54) is 18.4 Å². The maximum Gasteiger partial charge on any atom is 0.318 e. The van der Waals surface area contributed by atoms with Gasteiger partial charge < -0.3 is 24.8 Å². The van der Waals surface area contributed by atoms with Gasteiger partial charge in [-0.1, -0.05) is 68.7 Å². The smallest absolute Gasteiger partial charge is 0.318 e. The molecule has 0 radical (unpaired) electrons. The molecular formula is C36H52N4O3. The summed E-state index contributed by atoms with van der Waals surface area (Å²) in [6.07, 6.45) is 9.25. The van der Waals surface area contributed by atoms with Gasteiger partial charge in [-0.05, 0) is 81.7 Å². The molecule has 2 aliphatic heterocycles. The number of amides is 3. The van der Waals surface area contributed by atoms with Crippen LogP contribution in [0.25, 0.3) is 0 Å². The van der Waals surface area contributed by atoms with Gasteiger partial charge in [0.2, 0.25) is 5.91 Å². The summed E-state index contributed by atoms with van der Waals surface area (Å²) in [5.41, 5.74) is 3.53. The number of hydrogen-bond acceptors (Lipinski definition) is 4. The lowest BCUT2D eigenvalue weighted by atomic mass is 9.99. The van der Waals surface area contributed by atoms with Crippen LogP contribution < -0.4 is 15.0 Å². The third kappa shape index (κ3) is 10.0. The van der Waals surface area contributed by atoms with Crippen LogP contribution in [0.5, 0.6) is 5.75 Å². The van der Waals surface area contributed by atoms with Gasteiger partial charge in [0.1, 0.15) is 18.4 Å². The molecule has 234 valence electrons. The molecule has 0 unspecified atom stereocenters. The predicted octanol–water partition coefficient (Wildman–Crippen LogP) is 7.03. The molecule has 4 rings (SSSR count). The second-order valence-corrected chi connectivity index (χ2v) is 12.8. The van der Waals surface area contributed by atoms with E-state index in [0.29, 0.717) is 25.5 Å². The Morgan fingerprint density at radius 3 is 2.26 bits per heavy atom. The molecule has 2 atom stereocenters. The molecule has 0 spiro atoms. The number of anilines is 1. The highest BCUT2D eigenvalue weighted by Crippen LogP contribution is 2.27. The molecule has 2 aromatic rings. The Balaban J connectivity index is 1.45. The highest BCUT2D eigenvalue weighted by atomic mass is 16.5. The maximum atomic E-state index is 14.0. The predicted molar refractivity (Wildman–Crippen MR) is 175 cm³/mol. The van der Waals surface area contributed by atoms with E-state index in [2.05, 4.69) is 68.3 Å². The Bertz CT molecular complexity index is 1170. The third-order valence-electron chi connectivity index (χ3n) is 8.46. The van der Waals surface area contributed by atoms with Gasteiger partial charge in [0.15, 0.2) is 0 Å². The number of piperidine rings is 1. The summed E-state index contributed by atoms with van der Waals surface area (Å²) in [6.45, 7) is 12.7. The van der Waals surface area contributed by atoms with Gasteiger partial charge in [-0.2, -0.15) is 0 Å². The second kappa shape index (κ2) is 16.4. The van der Waals surface area contributed by atoms with Crippen LogP contribution in [0.1, 0.15) is 78.2 Å². The second-order valence-electron chi connectivity index (χ2n) is 12.8. The van der Waals surface area contributed by atoms with Crippen molar-refractivity contribution in [2.24, 2.45) is 5.92 Å². The van der Waals surface area contributed by atoms with Gasteiger partial charge in [0.25, 0.3) is 0 Å². The first-order valence-corrected chi connectivity index (χ1v) is 16.3. The fourth-order valence-electron chi connectivity index (χ4n) is 6.06. The molecule has 2 aromatic carbocycles. The first kappa shape index (κ1) is 32.4. The van der Waals surface area contributed by atoms with Crippen molar-refractivity contribution >= 4 is 17.6 Å². The first-order chi connectivity index (χ1) is 20.8. The summed E-state index contributed by atoms with van der Waals surface area (Å²) in [5, 5.41) is 3.15. The van der Waals surface area contributed by atoms with E-state index in [4.69, 9.17) is 4.74 Å². The number of benzene rings is 2. The molecule has 1 N–H and O–H groups in total. The Morgan fingerprint density at radius 2 is 1.60 bits per heavy atom. The van der Waals surface area contributed by atoms with Crippen LogP contribution in [0, 0.1) is 5.92 Å². The molecule has 0 bridgehead atoms. The molecule has 0 saturated carbocycles. The monoisotopic (exact) mass is 588 g/mol. The zero-order chi connectivity index (χ0) is 30.6. The highest BCUT2D eigenvalue weighted by molar-refractivity contribution is 5.87. The summed E-state index contributed by atoms with van der Waals surface area (Å²) in [5.74, 6) is 1.19. The van der Waals surface area contributed by atoms with Crippen LogP contribution >= 0.6 is 0 Å². The molecule has 0 aromatic heterocycles. The van der Waals surface area contributed by atoms with Crippen molar-refractivity contribution in [2.45, 2.75) is 91.3 Å². The molecule has 2 fully saturated rings. The number of nitrogens with one attached hydrogen (secondary N) is 1. The van der Waals surface area contributed by atoms with E-state index in [0.717, 1.165) is 68.9 Å². The number of urea groups is 1. The van der Waals surface area contributed by atoms with E-state index in [-0.39, 0.29) is 18.0 Å². The van der Waals surface area contributed by atoms with E-state index in [1.54, 1.807) is 0 Å². The van der Waals surface area contributed by atoms with Gasteiger partial charge in [0, 0.05) is 44.5 Å². The zero-order valence-corrected chi connectivity index (χ0v) is 26.8. The quantitative estimate of drug-likeness (QED) is 0.286. The average molecular weight is 589 g/mol. The molecule has 7 nitrogen and oxygen atoms in total. The molecule has 2 saturated heterocycles. The molecule has 0 aliphatic carbocycles. The first-order valence-electron chi connectivity index (χ1n) is 16.3. The van der Waals surface area contributed by atoms with Crippen LogP contribution in [-0.2, 0) is 11.4 Å². The number of likely N-dealkylation sites (tertiary alicyclic amines) is 2. The van der Waals surface area contributed by atoms with E-state index in [9.17, 15) is 9.59 Å². The molecule has 2 aliphatic rings. The van der Waals surface area contributed by atoms with Crippen LogP contribution in [0.4, 0.5) is 10.5 Å². The highest BCUT2D eigenvalue weighted by Gasteiger charge is 2.33. The number of carbonyl (C=O) groups excluding carboxylic acids is 2. The minimum absolute atomic E-state index is 0.0494. The van der Waals surface area contributed by atoms with Crippen LogP contribution in [0.2, 0.25) is 0 Å². The lowest BCUT2D eigenvalue weighted by Crippen LogP contribution is -2.57. The number of nitrogens with zero attached hydrogens (tertiary/aromatic N) is 3. The van der Waals surface area contributed by atoms with Gasteiger partial charge in [0.05, 0.1) is 0 Å². The molecule has 3 amide bonds. The third-order valence-corrected chi connectivity index (χ3v) is 8.46. The largest absolute Gasteiger partial charge is 0.489 e. The van der Waals surface area contributed by atoms with Crippen molar-refractivity contribution in [1.82, 2.24) is 15.1 Å². The number of hydrogen-bond donors (Lipinski definition) is 1. The summed E-state index contributed by atoms with van der Waals surface area (Å²) in [6, 6.07) is 18.1. The minimum atomic E-state index is -0.498. The minimum Gasteiger partial charge on any atom is -0.489 e. The number of rotatable bonds is 11. The normalized spacial score (nSPS) is 18.0. The molecular weight excluding hydrogens is 536 g/mol. The standard InChI is InChI=1S/C36H52N4O3/c1-28(2)20-24-40(31-16-18-33(19-17-31)43-27-30-13-8-7-9-14-30)32-15-12-23-39(26-32)35(41)34(25-29(3)4)37-36(42)38-21-10-5-6-11-22-38/h7-9,13-14,16-20,29,32,34H,5-6,10-12,15,21-27H2,1-4H3,(H,37,42)/t32-,34+/m0/s1. The number of allylic oxidation sites excluding steroid dienone is 1. The molecule has 2 heterocycles. The zero-order valence-electron chi connectivity index (χ0n) is 26.8. The van der Waals surface area contributed by atoms with Crippen molar-refractivity contribution in [2.75, 3.05) is 37.6 Å². The van der Waals surface area contributed by atoms with Crippen molar-refractivity contribution in [1.29, 1.82) is 0 Å². The Kier molecular flexibility index (Phi) is 12.4. The summed E-state index contributed by atoms with van der Waals surface area (Å²) < 4.78 is 6.04. The summed E-state index contributed by atoms with van der Waals surface area (Å²) in [7, 11) is 0. The van der Waals surface area contributed by atoms with Gasteiger partial charge in [-0.25, -0.2) is 4.79 Å². The summed E-state index contributed by atoms with van der Waals surface area (Å²) >= 11 is 0. The SMILES string of the molecule is CC(C)=CCN(c1ccc(OCc2ccccc2)cc1)[C@H]1CCCN(C(=O)[C@@H](CC(C)C)NC(=O)N2CCCCCC2)C1. The van der Waals surface area contributed by atoms with Crippen LogP contribution in [0.15, 0.2) is 66.2 Å². The average Bonchev–Trinajstić information content (AvgIpc) is 3.30.